The smallest absolute Gasteiger partial charge is 0.372 e. The molecule has 4 nitrogen and oxygen atoms in total. The number of hydrogen-bond acceptors (Lipinski definition) is 3. The Balaban J connectivity index is 2.40. The Labute approximate surface area is 93.1 Å². The molecule has 1 aromatic rings. The van der Waals surface area contributed by atoms with Crippen LogP contribution in [0, 0.1) is 0 Å². The van der Waals surface area contributed by atoms with E-state index in [1.165, 1.54) is 0 Å². The molecule has 0 aliphatic heterocycles. The number of nitrogens with two attached hydrogens (primary N) is 1. The average molecular weight is 219 g/mol. The molecule has 0 spiro atoms. The topological polar surface area (TPSA) is 80.4 Å². The number of fused-ring (bicyclic) bond motifs is 1. The number of nitrogen functional groups attached to an aromatic ring is 1. The van der Waals surface area contributed by atoms with Crippen LogP contribution in [0.2, 0.25) is 0 Å². The van der Waals surface area contributed by atoms with Gasteiger partial charge in [-0.2, -0.15) is 0 Å². The monoisotopic (exact) mass is 219 g/mol. The van der Waals surface area contributed by atoms with Crippen LogP contribution in [0.25, 0.3) is 0 Å². The molecule has 1 unspecified atom stereocenters. The van der Waals surface area contributed by atoms with Crippen molar-refractivity contribution < 1.29 is 14.7 Å². The van der Waals surface area contributed by atoms with Crippen molar-refractivity contribution in [2.24, 2.45) is 0 Å². The van der Waals surface area contributed by atoms with Crippen LogP contribution in [0.3, 0.4) is 0 Å². The van der Waals surface area contributed by atoms with Crippen molar-refractivity contribution in [3.63, 3.8) is 0 Å². The van der Waals surface area contributed by atoms with Gasteiger partial charge in [0.05, 0.1) is 5.92 Å². The number of carbonyl (C=O) groups excluding carboxylic acids is 1. The van der Waals surface area contributed by atoms with E-state index in [4.69, 9.17) is 10.8 Å². The van der Waals surface area contributed by atoms with Crippen molar-refractivity contribution in [3.05, 3.63) is 29.3 Å². The van der Waals surface area contributed by atoms with Gasteiger partial charge in [-0.05, 0) is 42.5 Å². The van der Waals surface area contributed by atoms with Crippen molar-refractivity contribution in [3.8, 4) is 0 Å². The lowest BCUT2D eigenvalue weighted by molar-refractivity contribution is -0.150. The van der Waals surface area contributed by atoms with Gasteiger partial charge in [-0.1, -0.05) is 6.07 Å². The number of carboxylic acids is 1. The van der Waals surface area contributed by atoms with Gasteiger partial charge in [0.25, 0.3) is 0 Å². The van der Waals surface area contributed by atoms with Gasteiger partial charge in [-0.3, -0.25) is 4.79 Å². The minimum absolute atomic E-state index is 0.498. The quantitative estimate of drug-likeness (QED) is 0.581. The maximum absolute atomic E-state index is 11.5. The van der Waals surface area contributed by atoms with Crippen LogP contribution >= 0.6 is 0 Å². The molecule has 0 saturated heterocycles. The Morgan fingerprint density at radius 1 is 1.38 bits per heavy atom. The molecule has 4 heteroatoms. The van der Waals surface area contributed by atoms with Gasteiger partial charge in [0.1, 0.15) is 0 Å². The number of aryl methyl sites for hydroxylation is 1. The maximum atomic E-state index is 11.5. The largest absolute Gasteiger partial charge is 0.475 e. The number of carbonyl (C=O) groups is 2. The van der Waals surface area contributed by atoms with E-state index in [-0.39, 0.29) is 0 Å². The third-order valence-electron chi connectivity index (χ3n) is 3.01. The van der Waals surface area contributed by atoms with E-state index in [1.54, 1.807) is 12.1 Å². The second-order valence-electron chi connectivity index (χ2n) is 4.07. The summed E-state index contributed by atoms with van der Waals surface area (Å²) in [5.74, 6) is -2.57. The van der Waals surface area contributed by atoms with E-state index >= 15 is 0 Å². The molecule has 1 aromatic carbocycles. The third kappa shape index (κ3) is 1.78. The highest BCUT2D eigenvalue weighted by atomic mass is 16.4. The molecule has 1 aliphatic carbocycles. The number of anilines is 1. The lowest BCUT2D eigenvalue weighted by Gasteiger charge is -2.23. The Hall–Kier alpha value is -1.84. The van der Waals surface area contributed by atoms with Crippen molar-refractivity contribution >= 4 is 17.4 Å². The highest BCUT2D eigenvalue weighted by molar-refractivity contribution is 6.35. The summed E-state index contributed by atoms with van der Waals surface area (Å²) in [4.78, 5) is 22.2. The van der Waals surface area contributed by atoms with E-state index in [2.05, 4.69) is 0 Å². The number of ketones is 1. The van der Waals surface area contributed by atoms with Gasteiger partial charge in [0, 0.05) is 5.69 Å². The van der Waals surface area contributed by atoms with Gasteiger partial charge >= 0.3 is 5.97 Å². The summed E-state index contributed by atoms with van der Waals surface area (Å²) < 4.78 is 0. The summed E-state index contributed by atoms with van der Waals surface area (Å²) in [6.07, 6.45) is 2.31. The Morgan fingerprint density at radius 3 is 2.81 bits per heavy atom. The predicted octanol–water partition coefficient (Wildman–Crippen LogP) is 1.34. The first-order valence-corrected chi connectivity index (χ1v) is 5.25. The lowest BCUT2D eigenvalue weighted by Crippen LogP contribution is -2.25. The molecule has 0 aromatic heterocycles. The number of hydrogen-bond donors (Lipinski definition) is 2. The van der Waals surface area contributed by atoms with Crippen molar-refractivity contribution in [1.82, 2.24) is 0 Å². The van der Waals surface area contributed by atoms with E-state index in [9.17, 15) is 9.59 Å². The van der Waals surface area contributed by atoms with Crippen LogP contribution in [0.1, 0.15) is 29.9 Å². The lowest BCUT2D eigenvalue weighted by atomic mass is 9.80. The van der Waals surface area contributed by atoms with Gasteiger partial charge in [-0.15, -0.1) is 0 Å². The Morgan fingerprint density at radius 2 is 2.12 bits per heavy atom. The number of benzene rings is 1. The van der Waals surface area contributed by atoms with Crippen LogP contribution in [-0.2, 0) is 16.0 Å². The fourth-order valence-corrected chi connectivity index (χ4v) is 2.26. The molecule has 0 amide bonds. The fraction of sp³-hybridized carbons (Fsp3) is 0.333. The summed E-state index contributed by atoms with van der Waals surface area (Å²) in [6.45, 7) is 0. The first-order chi connectivity index (χ1) is 7.59. The number of Topliss-reactive ketones (excluding diaryl/α,β-unsaturated/α-hetero) is 1. The molecule has 0 fully saturated rings. The molecular formula is C12H13NO3. The van der Waals surface area contributed by atoms with Crippen LogP contribution in [0.15, 0.2) is 18.2 Å². The molecule has 0 radical (unpaired) electrons. The molecule has 84 valence electrons. The van der Waals surface area contributed by atoms with Crippen LogP contribution in [0.5, 0.6) is 0 Å². The Kier molecular flexibility index (Phi) is 2.64. The van der Waals surface area contributed by atoms with E-state index in [0.717, 1.165) is 24.0 Å². The zero-order chi connectivity index (χ0) is 11.7. The third-order valence-corrected chi connectivity index (χ3v) is 3.01. The molecule has 16 heavy (non-hydrogen) atoms. The van der Waals surface area contributed by atoms with Crippen molar-refractivity contribution in [2.45, 2.75) is 25.2 Å². The van der Waals surface area contributed by atoms with Gasteiger partial charge in [-0.25, -0.2) is 4.79 Å². The first-order valence-electron chi connectivity index (χ1n) is 5.25. The van der Waals surface area contributed by atoms with E-state index in [0.29, 0.717) is 12.1 Å². The van der Waals surface area contributed by atoms with Crippen LogP contribution in [-0.4, -0.2) is 16.9 Å². The van der Waals surface area contributed by atoms with Gasteiger partial charge < -0.3 is 10.8 Å². The zero-order valence-corrected chi connectivity index (χ0v) is 8.77. The molecular weight excluding hydrogens is 206 g/mol. The normalized spacial score (nSPS) is 18.9. The predicted molar refractivity (Wildman–Crippen MR) is 59.2 cm³/mol. The van der Waals surface area contributed by atoms with Gasteiger partial charge in [0.2, 0.25) is 5.78 Å². The summed E-state index contributed by atoms with van der Waals surface area (Å²) in [7, 11) is 0. The van der Waals surface area contributed by atoms with Crippen LogP contribution < -0.4 is 5.73 Å². The average Bonchev–Trinajstić information content (AvgIpc) is 2.26. The molecule has 3 N–H and O–H groups in total. The van der Waals surface area contributed by atoms with Crippen molar-refractivity contribution in [2.75, 3.05) is 5.73 Å². The molecule has 0 bridgehead atoms. The maximum Gasteiger partial charge on any atom is 0.372 e. The number of aliphatic carboxylic acids is 1. The minimum Gasteiger partial charge on any atom is -0.475 e. The summed E-state index contributed by atoms with van der Waals surface area (Å²) in [5, 5.41) is 8.74. The molecule has 2 rings (SSSR count). The van der Waals surface area contributed by atoms with E-state index in [1.807, 2.05) is 6.07 Å². The Bertz CT molecular complexity index is 454. The minimum atomic E-state index is -1.35. The number of rotatable bonds is 2. The second-order valence-corrected chi connectivity index (χ2v) is 4.07. The first kappa shape index (κ1) is 10.7. The summed E-state index contributed by atoms with van der Waals surface area (Å²) >= 11 is 0. The standard InChI is InChI=1S/C12H13NO3/c13-8-4-5-9-7(6-8)2-1-3-10(9)11(14)12(15)16/h4-6,10H,1-3,13H2,(H,15,16). The van der Waals surface area contributed by atoms with E-state index < -0.39 is 17.7 Å². The SMILES string of the molecule is Nc1ccc2c(c1)CCCC2C(=O)C(=O)O. The van der Waals surface area contributed by atoms with Crippen molar-refractivity contribution in [1.29, 1.82) is 0 Å². The van der Waals surface area contributed by atoms with Crippen LogP contribution in [0.4, 0.5) is 5.69 Å². The molecule has 0 heterocycles. The second kappa shape index (κ2) is 3.96. The zero-order valence-electron chi connectivity index (χ0n) is 8.77. The molecule has 1 aliphatic rings. The highest BCUT2D eigenvalue weighted by Gasteiger charge is 2.30. The fourth-order valence-electron chi connectivity index (χ4n) is 2.26. The number of carboxylic acid groups (broad SMARTS) is 1. The molecule has 0 saturated carbocycles. The van der Waals surface area contributed by atoms with Gasteiger partial charge in [0.15, 0.2) is 0 Å². The highest BCUT2D eigenvalue weighted by Crippen LogP contribution is 2.33. The summed E-state index contributed by atoms with van der Waals surface area (Å²) in [6, 6.07) is 5.32. The summed E-state index contributed by atoms with van der Waals surface area (Å²) in [5.41, 5.74) is 8.15. The molecule has 1 atom stereocenters.